The molecular formula is C19H24F3IN4O. The Morgan fingerprint density at radius 1 is 1.11 bits per heavy atom. The molecule has 0 aliphatic carbocycles. The molecule has 0 radical (unpaired) electrons. The van der Waals surface area contributed by atoms with Crippen LogP contribution in [0.3, 0.4) is 0 Å². The Hall–Kier alpha value is -1.88. The standard InChI is InChI=1S/C19H23F3N4O.HI/c1-2-23-18(26-12-17-8-3-4-9-24-17)25-11-15-6-5-7-16(10-15)13-27-14-19(20,21)22;/h3-10H,2,11-14H2,1H3,(H2,23,25,26);1H. The van der Waals surface area contributed by atoms with Gasteiger partial charge >= 0.3 is 6.18 Å². The van der Waals surface area contributed by atoms with Crippen molar-refractivity contribution in [3.8, 4) is 0 Å². The number of benzene rings is 1. The van der Waals surface area contributed by atoms with Crippen LogP contribution in [-0.4, -0.2) is 30.3 Å². The molecule has 28 heavy (non-hydrogen) atoms. The molecule has 2 N–H and O–H groups in total. The van der Waals surface area contributed by atoms with Crippen LogP contribution >= 0.6 is 24.0 Å². The van der Waals surface area contributed by atoms with Crippen molar-refractivity contribution in [3.05, 3.63) is 65.5 Å². The molecule has 0 unspecified atom stereocenters. The molecule has 154 valence electrons. The highest BCUT2D eigenvalue weighted by Crippen LogP contribution is 2.16. The Bertz CT molecular complexity index is 727. The third-order valence-electron chi connectivity index (χ3n) is 3.45. The van der Waals surface area contributed by atoms with Crippen LogP contribution in [0.2, 0.25) is 0 Å². The van der Waals surface area contributed by atoms with Gasteiger partial charge in [-0.3, -0.25) is 4.98 Å². The van der Waals surface area contributed by atoms with E-state index in [1.54, 1.807) is 24.4 Å². The summed E-state index contributed by atoms with van der Waals surface area (Å²) in [6.07, 6.45) is -2.59. The van der Waals surface area contributed by atoms with Crippen molar-refractivity contribution in [1.29, 1.82) is 0 Å². The van der Waals surface area contributed by atoms with Crippen LogP contribution in [0, 0.1) is 0 Å². The zero-order chi connectivity index (χ0) is 19.5. The van der Waals surface area contributed by atoms with Gasteiger partial charge in [0, 0.05) is 12.7 Å². The lowest BCUT2D eigenvalue weighted by molar-refractivity contribution is -0.176. The van der Waals surface area contributed by atoms with Crippen molar-refractivity contribution < 1.29 is 17.9 Å². The predicted octanol–water partition coefficient (Wildman–Crippen LogP) is 4.03. The molecule has 2 rings (SSSR count). The molecule has 0 amide bonds. The minimum Gasteiger partial charge on any atom is -0.367 e. The number of alkyl halides is 3. The van der Waals surface area contributed by atoms with E-state index in [0.717, 1.165) is 11.3 Å². The molecule has 0 saturated carbocycles. The van der Waals surface area contributed by atoms with E-state index in [1.165, 1.54) is 0 Å². The summed E-state index contributed by atoms with van der Waals surface area (Å²) in [6, 6.07) is 12.9. The summed E-state index contributed by atoms with van der Waals surface area (Å²) in [6.45, 7) is 2.27. The van der Waals surface area contributed by atoms with Gasteiger partial charge in [-0.25, -0.2) is 4.99 Å². The number of rotatable bonds is 8. The predicted molar refractivity (Wildman–Crippen MR) is 113 cm³/mol. The SMILES string of the molecule is CCNC(=NCc1cccc(COCC(F)(F)F)c1)NCc1ccccn1.I. The van der Waals surface area contributed by atoms with E-state index in [2.05, 4.69) is 20.6 Å². The van der Waals surface area contributed by atoms with E-state index >= 15 is 0 Å². The van der Waals surface area contributed by atoms with Crippen molar-refractivity contribution in [3.63, 3.8) is 0 Å². The third kappa shape index (κ3) is 9.88. The van der Waals surface area contributed by atoms with Crippen LogP contribution in [0.15, 0.2) is 53.7 Å². The molecule has 0 aliphatic heterocycles. The smallest absolute Gasteiger partial charge is 0.367 e. The largest absolute Gasteiger partial charge is 0.411 e. The second kappa shape index (κ2) is 12.6. The Kier molecular flexibility index (Phi) is 10.8. The van der Waals surface area contributed by atoms with Gasteiger partial charge in [0.05, 0.1) is 25.4 Å². The molecular weight excluding hydrogens is 484 g/mol. The second-order valence-electron chi connectivity index (χ2n) is 5.80. The number of hydrogen-bond donors (Lipinski definition) is 2. The number of halogens is 4. The van der Waals surface area contributed by atoms with Gasteiger partial charge in [-0.05, 0) is 30.2 Å². The Morgan fingerprint density at radius 2 is 1.89 bits per heavy atom. The molecule has 0 aliphatic rings. The highest BCUT2D eigenvalue weighted by molar-refractivity contribution is 14.0. The number of ether oxygens (including phenoxy) is 1. The maximum absolute atomic E-state index is 12.2. The van der Waals surface area contributed by atoms with Crippen LogP contribution in [0.25, 0.3) is 0 Å². The first-order valence-electron chi connectivity index (χ1n) is 8.60. The highest BCUT2D eigenvalue weighted by Gasteiger charge is 2.27. The van der Waals surface area contributed by atoms with Gasteiger partial charge in [-0.2, -0.15) is 13.2 Å². The molecule has 1 aromatic carbocycles. The van der Waals surface area contributed by atoms with Gasteiger partial charge in [0.15, 0.2) is 5.96 Å². The van der Waals surface area contributed by atoms with Crippen LogP contribution in [0.5, 0.6) is 0 Å². The van der Waals surface area contributed by atoms with E-state index in [0.29, 0.717) is 31.2 Å². The van der Waals surface area contributed by atoms with Gasteiger partial charge in [0.25, 0.3) is 0 Å². The van der Waals surface area contributed by atoms with Gasteiger partial charge in [0.2, 0.25) is 0 Å². The van der Waals surface area contributed by atoms with Crippen molar-refractivity contribution in [2.45, 2.75) is 32.8 Å². The van der Waals surface area contributed by atoms with Gasteiger partial charge in [-0.1, -0.05) is 30.3 Å². The lowest BCUT2D eigenvalue weighted by atomic mass is 10.1. The van der Waals surface area contributed by atoms with E-state index < -0.39 is 12.8 Å². The van der Waals surface area contributed by atoms with Crippen LogP contribution in [0.4, 0.5) is 13.2 Å². The molecule has 2 aromatic rings. The normalized spacial score (nSPS) is 11.6. The Labute approximate surface area is 179 Å². The maximum atomic E-state index is 12.2. The van der Waals surface area contributed by atoms with Crippen LogP contribution < -0.4 is 10.6 Å². The first-order valence-corrected chi connectivity index (χ1v) is 8.60. The number of hydrogen-bond acceptors (Lipinski definition) is 3. The number of nitrogens with zero attached hydrogens (tertiary/aromatic N) is 2. The van der Waals surface area contributed by atoms with E-state index in [1.807, 2.05) is 31.2 Å². The van der Waals surface area contributed by atoms with Crippen molar-refractivity contribution >= 4 is 29.9 Å². The number of pyridine rings is 1. The van der Waals surface area contributed by atoms with E-state index in [9.17, 15) is 13.2 Å². The highest BCUT2D eigenvalue weighted by atomic mass is 127. The van der Waals surface area contributed by atoms with Crippen molar-refractivity contribution in [2.24, 2.45) is 4.99 Å². The zero-order valence-electron chi connectivity index (χ0n) is 15.5. The average Bonchev–Trinajstić information content (AvgIpc) is 2.64. The molecule has 1 aromatic heterocycles. The molecule has 1 heterocycles. The fourth-order valence-corrected chi connectivity index (χ4v) is 2.29. The number of guanidine groups is 1. The average molecular weight is 508 g/mol. The summed E-state index contributed by atoms with van der Waals surface area (Å²) in [5.74, 6) is 0.641. The summed E-state index contributed by atoms with van der Waals surface area (Å²) >= 11 is 0. The molecule has 0 atom stereocenters. The minimum atomic E-state index is -4.32. The number of nitrogens with one attached hydrogen (secondary N) is 2. The molecule has 0 spiro atoms. The monoisotopic (exact) mass is 508 g/mol. The third-order valence-corrected chi connectivity index (χ3v) is 3.45. The van der Waals surface area contributed by atoms with Gasteiger partial charge in [-0.15, -0.1) is 24.0 Å². The van der Waals surface area contributed by atoms with Gasteiger partial charge in [0.1, 0.15) is 6.61 Å². The Balaban J connectivity index is 0.00000392. The lowest BCUT2D eigenvalue weighted by Crippen LogP contribution is -2.37. The fraction of sp³-hybridized carbons (Fsp3) is 0.368. The fourth-order valence-electron chi connectivity index (χ4n) is 2.29. The van der Waals surface area contributed by atoms with Crippen LogP contribution in [0.1, 0.15) is 23.7 Å². The maximum Gasteiger partial charge on any atom is 0.411 e. The number of aliphatic imine (C=N–C) groups is 1. The van der Waals surface area contributed by atoms with Gasteiger partial charge < -0.3 is 15.4 Å². The molecule has 5 nitrogen and oxygen atoms in total. The van der Waals surface area contributed by atoms with E-state index in [4.69, 9.17) is 4.74 Å². The first kappa shape index (κ1) is 24.2. The first-order chi connectivity index (χ1) is 13.0. The molecule has 0 bridgehead atoms. The summed E-state index contributed by atoms with van der Waals surface area (Å²) < 4.78 is 41.2. The Morgan fingerprint density at radius 3 is 2.57 bits per heavy atom. The molecule has 0 fully saturated rings. The minimum absolute atomic E-state index is 0. The summed E-state index contributed by atoms with van der Waals surface area (Å²) in [7, 11) is 0. The second-order valence-corrected chi connectivity index (χ2v) is 5.80. The summed E-state index contributed by atoms with van der Waals surface area (Å²) in [5.41, 5.74) is 2.46. The lowest BCUT2D eigenvalue weighted by Gasteiger charge is -2.11. The number of aromatic nitrogens is 1. The topological polar surface area (TPSA) is 58.5 Å². The molecule has 9 heteroatoms. The summed E-state index contributed by atoms with van der Waals surface area (Å²) in [5, 5.41) is 6.35. The van der Waals surface area contributed by atoms with Crippen LogP contribution in [-0.2, 0) is 24.4 Å². The van der Waals surface area contributed by atoms with E-state index in [-0.39, 0.29) is 30.6 Å². The zero-order valence-corrected chi connectivity index (χ0v) is 17.8. The summed E-state index contributed by atoms with van der Waals surface area (Å²) in [4.78, 5) is 8.75. The molecule has 0 saturated heterocycles. The quantitative estimate of drug-likeness (QED) is 0.321. The van der Waals surface area contributed by atoms with Crippen molar-refractivity contribution in [2.75, 3.05) is 13.2 Å². The van der Waals surface area contributed by atoms with Crippen molar-refractivity contribution in [1.82, 2.24) is 15.6 Å².